The third kappa shape index (κ3) is 7.24. The molecule has 4 rings (SSSR count). The van der Waals surface area contributed by atoms with Crippen LogP contribution in [0.4, 0.5) is 11.4 Å². The number of para-hydroxylation sites is 1. The van der Waals surface area contributed by atoms with Crippen LogP contribution in [0, 0.1) is 6.92 Å². The molecular weight excluding hydrogens is 538 g/mol. The monoisotopic (exact) mass is 579 g/mol. The summed E-state index contributed by atoms with van der Waals surface area (Å²) >= 11 is 0. The van der Waals surface area contributed by atoms with E-state index in [4.69, 9.17) is 10.5 Å². The average molecular weight is 580 g/mol. The quantitative estimate of drug-likeness (QED) is 0.179. The van der Waals surface area contributed by atoms with E-state index >= 15 is 0 Å². The minimum atomic E-state index is -0.905. The molecule has 0 aliphatic rings. The zero-order valence-electron chi connectivity index (χ0n) is 25.5. The van der Waals surface area contributed by atoms with E-state index in [0.717, 1.165) is 33.8 Å². The normalized spacial score (nSPS) is 13.1. The van der Waals surface area contributed by atoms with Crippen molar-refractivity contribution in [2.24, 2.45) is 5.73 Å². The Labute approximate surface area is 254 Å². The second-order valence-corrected chi connectivity index (χ2v) is 10.9. The van der Waals surface area contributed by atoms with E-state index < -0.39 is 17.9 Å². The Bertz CT molecular complexity index is 1550. The summed E-state index contributed by atoms with van der Waals surface area (Å²) in [5.41, 5.74) is 11.8. The largest absolute Gasteiger partial charge is 0.497 e. The van der Waals surface area contributed by atoms with Crippen LogP contribution in [0.5, 0.6) is 5.75 Å². The molecule has 0 bridgehead atoms. The first-order valence-electron chi connectivity index (χ1n) is 14.6. The van der Waals surface area contributed by atoms with Gasteiger partial charge in [-0.2, -0.15) is 0 Å². The molecule has 0 radical (unpaired) electrons. The number of ether oxygens (including phenoxy) is 1. The van der Waals surface area contributed by atoms with Gasteiger partial charge >= 0.3 is 0 Å². The summed E-state index contributed by atoms with van der Waals surface area (Å²) in [5.74, 6) is -0.767. The molecule has 0 saturated carbocycles. The fourth-order valence-corrected chi connectivity index (χ4v) is 5.48. The summed E-state index contributed by atoms with van der Waals surface area (Å²) in [6, 6.07) is 28.4. The average Bonchev–Trinajstić information content (AvgIpc) is 3.02. The molecule has 0 saturated heterocycles. The zero-order chi connectivity index (χ0) is 31.1. The van der Waals surface area contributed by atoms with Gasteiger partial charge in [0.15, 0.2) is 0 Å². The number of hydrogen-bond donors (Lipinski definition) is 3. The molecular formula is C36H41N3O4. The highest BCUT2D eigenvalue weighted by molar-refractivity contribution is 6.02. The van der Waals surface area contributed by atoms with Gasteiger partial charge in [-0.05, 0) is 79.9 Å². The Balaban J connectivity index is 1.63. The third-order valence-electron chi connectivity index (χ3n) is 7.99. The van der Waals surface area contributed by atoms with Crippen LogP contribution in [0.1, 0.15) is 75.7 Å². The van der Waals surface area contributed by atoms with E-state index in [-0.39, 0.29) is 17.5 Å². The summed E-state index contributed by atoms with van der Waals surface area (Å²) in [6.45, 7) is 8.54. The molecule has 4 aromatic rings. The lowest BCUT2D eigenvalue weighted by atomic mass is 9.84. The van der Waals surface area contributed by atoms with Crippen molar-refractivity contribution in [2.45, 2.75) is 52.2 Å². The van der Waals surface area contributed by atoms with Gasteiger partial charge in [0.25, 0.3) is 5.91 Å². The molecule has 224 valence electrons. The number of aliphatic hydroxyl groups excluding tert-OH is 1. The maximum atomic E-state index is 13.6. The first-order valence-corrected chi connectivity index (χ1v) is 14.6. The smallest absolute Gasteiger partial charge is 0.252 e. The molecule has 0 spiro atoms. The first kappa shape index (κ1) is 31.3. The predicted molar refractivity (Wildman–Crippen MR) is 172 cm³/mol. The number of anilines is 2. The Morgan fingerprint density at radius 2 is 1.56 bits per heavy atom. The van der Waals surface area contributed by atoms with Gasteiger partial charge in [0.1, 0.15) is 5.75 Å². The lowest BCUT2D eigenvalue weighted by Crippen LogP contribution is -2.31. The molecule has 0 heterocycles. The molecule has 7 heteroatoms. The first-order chi connectivity index (χ1) is 20.6. The molecule has 43 heavy (non-hydrogen) atoms. The van der Waals surface area contributed by atoms with Crippen molar-refractivity contribution in [3.8, 4) is 5.75 Å². The van der Waals surface area contributed by atoms with E-state index in [1.165, 1.54) is 0 Å². The van der Waals surface area contributed by atoms with E-state index in [2.05, 4.69) is 17.1 Å². The van der Waals surface area contributed by atoms with Crippen LogP contribution in [-0.4, -0.2) is 36.7 Å². The number of nitrogens with two attached hydrogens (primary N) is 1. The lowest BCUT2D eigenvalue weighted by molar-refractivity contribution is 0.0936. The maximum Gasteiger partial charge on any atom is 0.252 e. The van der Waals surface area contributed by atoms with Crippen molar-refractivity contribution in [1.82, 2.24) is 5.32 Å². The molecule has 3 atom stereocenters. The zero-order valence-corrected chi connectivity index (χ0v) is 25.5. The molecule has 0 aromatic heterocycles. The SMILES string of the molecule is CCN(c1ccc(OC)cc1)c1ccccc1C[C@@H](O)[C@@H](C)c1c(C(N)=O)cccc1C(=O)N[C@H](C)c1ccc(C)cc1. The van der Waals surface area contributed by atoms with Crippen molar-refractivity contribution in [2.75, 3.05) is 18.6 Å². The highest BCUT2D eigenvalue weighted by atomic mass is 16.5. The molecule has 2 amide bonds. The minimum Gasteiger partial charge on any atom is -0.497 e. The Hall–Kier alpha value is -4.62. The van der Waals surface area contributed by atoms with Gasteiger partial charge in [-0.15, -0.1) is 0 Å². The molecule has 0 unspecified atom stereocenters. The predicted octanol–water partition coefficient (Wildman–Crippen LogP) is 6.46. The van der Waals surface area contributed by atoms with Gasteiger partial charge in [0.2, 0.25) is 5.91 Å². The van der Waals surface area contributed by atoms with Crippen molar-refractivity contribution < 1.29 is 19.4 Å². The van der Waals surface area contributed by atoms with Crippen molar-refractivity contribution >= 4 is 23.2 Å². The number of nitrogens with zero attached hydrogens (tertiary/aromatic N) is 1. The summed E-state index contributed by atoms with van der Waals surface area (Å²) in [6.07, 6.45) is -0.602. The van der Waals surface area contributed by atoms with Gasteiger partial charge in [0, 0.05) is 41.4 Å². The van der Waals surface area contributed by atoms with Crippen LogP contribution >= 0.6 is 0 Å². The molecule has 0 aliphatic heterocycles. The van der Waals surface area contributed by atoms with Crippen LogP contribution in [0.3, 0.4) is 0 Å². The minimum absolute atomic E-state index is 0.226. The van der Waals surface area contributed by atoms with Gasteiger partial charge in [0.05, 0.1) is 19.3 Å². The number of aliphatic hydroxyl groups is 1. The van der Waals surface area contributed by atoms with Gasteiger partial charge in [-0.3, -0.25) is 9.59 Å². The topological polar surface area (TPSA) is 105 Å². The standard InChI is InChI=1S/C36H41N3O4/c1-6-39(28-18-20-29(43-5)21-19-28)32-13-8-7-10-27(32)22-33(40)24(3)34-30(35(37)41)11-9-12-31(34)36(42)38-25(4)26-16-14-23(2)15-17-26/h7-21,24-25,33,40H,6,22H2,1-5H3,(H2,37,41)(H,38,42)/t24-,25-,33-/m1/s1. The van der Waals surface area contributed by atoms with Crippen molar-refractivity contribution in [3.63, 3.8) is 0 Å². The Morgan fingerprint density at radius 3 is 2.19 bits per heavy atom. The van der Waals surface area contributed by atoms with Gasteiger partial charge in [-0.25, -0.2) is 0 Å². The summed E-state index contributed by atoms with van der Waals surface area (Å²) in [7, 11) is 1.64. The number of rotatable bonds is 12. The van der Waals surface area contributed by atoms with Crippen molar-refractivity contribution in [3.05, 3.63) is 124 Å². The highest BCUT2D eigenvalue weighted by Gasteiger charge is 2.28. The number of aryl methyl sites for hydroxylation is 1. The molecule has 4 N–H and O–H groups in total. The van der Waals surface area contributed by atoms with E-state index in [1.807, 2.05) is 93.6 Å². The number of carbonyl (C=O) groups is 2. The molecule has 0 aliphatic carbocycles. The van der Waals surface area contributed by atoms with Crippen LogP contribution in [0.15, 0.2) is 91.0 Å². The number of benzene rings is 4. The molecule has 4 aromatic carbocycles. The van der Waals surface area contributed by atoms with Crippen molar-refractivity contribution in [1.29, 1.82) is 0 Å². The number of methoxy groups -OCH3 is 1. The van der Waals surface area contributed by atoms with Crippen LogP contribution in [-0.2, 0) is 6.42 Å². The number of hydrogen-bond acceptors (Lipinski definition) is 5. The third-order valence-corrected chi connectivity index (χ3v) is 7.99. The maximum absolute atomic E-state index is 13.6. The molecule has 0 fully saturated rings. The lowest BCUT2D eigenvalue weighted by Gasteiger charge is -2.29. The van der Waals surface area contributed by atoms with E-state index in [9.17, 15) is 14.7 Å². The second-order valence-electron chi connectivity index (χ2n) is 10.9. The van der Waals surface area contributed by atoms with E-state index in [0.29, 0.717) is 24.1 Å². The fourth-order valence-electron chi connectivity index (χ4n) is 5.48. The van der Waals surface area contributed by atoms with E-state index in [1.54, 1.807) is 25.3 Å². The second kappa shape index (κ2) is 14.0. The number of primary amides is 1. The van der Waals surface area contributed by atoms with Crippen LogP contribution < -0.4 is 20.7 Å². The van der Waals surface area contributed by atoms with Crippen LogP contribution in [0.2, 0.25) is 0 Å². The Morgan fingerprint density at radius 1 is 0.907 bits per heavy atom. The highest BCUT2D eigenvalue weighted by Crippen LogP contribution is 2.34. The number of nitrogens with one attached hydrogen (secondary N) is 1. The van der Waals surface area contributed by atoms with Gasteiger partial charge < -0.3 is 25.8 Å². The van der Waals surface area contributed by atoms with Crippen LogP contribution in [0.25, 0.3) is 0 Å². The van der Waals surface area contributed by atoms with Gasteiger partial charge in [-0.1, -0.05) is 61.0 Å². The summed E-state index contributed by atoms with van der Waals surface area (Å²) in [5, 5.41) is 14.7. The number of carbonyl (C=O) groups excluding carboxylic acids is 2. The Kier molecular flexibility index (Phi) is 10.2. The fraction of sp³-hybridized carbons (Fsp3) is 0.278. The molecule has 7 nitrogen and oxygen atoms in total. The summed E-state index contributed by atoms with van der Waals surface area (Å²) < 4.78 is 5.32. The number of amides is 2. The summed E-state index contributed by atoms with van der Waals surface area (Å²) in [4.78, 5) is 28.3.